The van der Waals surface area contributed by atoms with Gasteiger partial charge in [-0.3, -0.25) is 4.90 Å². The Morgan fingerprint density at radius 3 is 2.64 bits per heavy atom. The van der Waals surface area contributed by atoms with E-state index < -0.39 is 0 Å². The zero-order valence-corrected chi connectivity index (χ0v) is 12.9. The molecular formula is C16H22N4O2. The minimum absolute atomic E-state index is 0.352. The quantitative estimate of drug-likeness (QED) is 0.807. The van der Waals surface area contributed by atoms with Crippen LogP contribution in [0.5, 0.6) is 0 Å². The van der Waals surface area contributed by atoms with Crippen LogP contribution >= 0.6 is 0 Å². The van der Waals surface area contributed by atoms with E-state index in [4.69, 9.17) is 9.26 Å². The predicted octanol–water partition coefficient (Wildman–Crippen LogP) is 1.53. The summed E-state index contributed by atoms with van der Waals surface area (Å²) in [6, 6.07) is 10.1. The molecule has 1 aromatic heterocycles. The summed E-state index contributed by atoms with van der Waals surface area (Å²) < 4.78 is 10.8. The first-order valence-corrected chi connectivity index (χ1v) is 7.63. The molecule has 0 unspecified atom stereocenters. The maximum Gasteiger partial charge on any atom is 0.252 e. The Morgan fingerprint density at radius 2 is 1.86 bits per heavy atom. The second kappa shape index (κ2) is 7.49. The van der Waals surface area contributed by atoms with Crippen molar-refractivity contribution < 1.29 is 9.26 Å². The fraction of sp³-hybridized carbons (Fsp3) is 0.500. The van der Waals surface area contributed by atoms with Crippen LogP contribution in [0.25, 0.3) is 0 Å². The largest absolute Gasteiger partial charge is 0.367 e. The highest BCUT2D eigenvalue weighted by Crippen LogP contribution is 2.07. The molecular weight excluding hydrogens is 280 g/mol. The summed E-state index contributed by atoms with van der Waals surface area (Å²) in [7, 11) is 2.15. The molecule has 0 aliphatic carbocycles. The zero-order valence-electron chi connectivity index (χ0n) is 12.9. The number of piperazine rings is 1. The first kappa shape index (κ1) is 15.1. The lowest BCUT2D eigenvalue weighted by molar-refractivity contribution is 0.0850. The summed E-state index contributed by atoms with van der Waals surface area (Å²) in [5, 5.41) is 4.03. The first-order valence-electron chi connectivity index (χ1n) is 7.63. The Hall–Kier alpha value is -1.76. The van der Waals surface area contributed by atoms with Crippen LogP contribution in [0.1, 0.15) is 17.3 Å². The molecule has 6 nitrogen and oxygen atoms in total. The molecule has 0 amide bonds. The molecule has 3 rings (SSSR count). The molecule has 0 bridgehead atoms. The van der Waals surface area contributed by atoms with Gasteiger partial charge < -0.3 is 14.2 Å². The van der Waals surface area contributed by atoms with Crippen molar-refractivity contribution in [1.82, 2.24) is 19.9 Å². The van der Waals surface area contributed by atoms with Crippen molar-refractivity contribution in [2.75, 3.05) is 33.2 Å². The molecule has 118 valence electrons. The number of ether oxygens (including phenoxy) is 1. The summed E-state index contributed by atoms with van der Waals surface area (Å²) in [6.07, 6.45) is 0. The van der Waals surface area contributed by atoms with Crippen LogP contribution in [-0.4, -0.2) is 53.2 Å². The van der Waals surface area contributed by atoms with Crippen molar-refractivity contribution in [1.29, 1.82) is 0 Å². The van der Waals surface area contributed by atoms with Crippen LogP contribution in [0, 0.1) is 0 Å². The van der Waals surface area contributed by atoms with Crippen molar-refractivity contribution in [3.8, 4) is 0 Å². The van der Waals surface area contributed by atoms with Crippen molar-refractivity contribution >= 4 is 0 Å². The normalized spacial score (nSPS) is 17.0. The average Bonchev–Trinajstić information content (AvgIpc) is 2.98. The van der Waals surface area contributed by atoms with Gasteiger partial charge in [-0.2, -0.15) is 4.98 Å². The van der Waals surface area contributed by atoms with Crippen LogP contribution in [0.4, 0.5) is 0 Å². The van der Waals surface area contributed by atoms with Crippen molar-refractivity contribution in [2.45, 2.75) is 19.8 Å². The van der Waals surface area contributed by atoms with Gasteiger partial charge in [0.2, 0.25) is 0 Å². The van der Waals surface area contributed by atoms with E-state index in [1.165, 1.54) is 0 Å². The Kier molecular flexibility index (Phi) is 5.15. The van der Waals surface area contributed by atoms with Gasteiger partial charge in [0.1, 0.15) is 6.61 Å². The first-order chi connectivity index (χ1) is 10.8. The molecule has 0 atom stereocenters. The van der Waals surface area contributed by atoms with E-state index in [2.05, 4.69) is 27.0 Å². The van der Waals surface area contributed by atoms with E-state index in [0.717, 1.165) is 44.1 Å². The van der Waals surface area contributed by atoms with Gasteiger partial charge in [-0.15, -0.1) is 0 Å². The third kappa shape index (κ3) is 4.37. The van der Waals surface area contributed by atoms with Crippen LogP contribution in [0.15, 0.2) is 34.9 Å². The second-order valence-electron chi connectivity index (χ2n) is 5.66. The maximum absolute atomic E-state index is 5.61. The monoisotopic (exact) mass is 302 g/mol. The molecule has 0 spiro atoms. The molecule has 0 saturated carbocycles. The molecule has 2 heterocycles. The number of nitrogens with zero attached hydrogens (tertiary/aromatic N) is 4. The van der Waals surface area contributed by atoms with Crippen molar-refractivity contribution in [2.24, 2.45) is 0 Å². The molecule has 22 heavy (non-hydrogen) atoms. The van der Waals surface area contributed by atoms with E-state index in [0.29, 0.717) is 19.1 Å². The van der Waals surface area contributed by atoms with Gasteiger partial charge in [0.25, 0.3) is 5.89 Å². The van der Waals surface area contributed by atoms with Gasteiger partial charge >= 0.3 is 0 Å². The lowest BCUT2D eigenvalue weighted by atomic mass is 10.2. The van der Waals surface area contributed by atoms with Gasteiger partial charge in [-0.1, -0.05) is 35.5 Å². The Labute approximate surface area is 130 Å². The molecule has 1 aliphatic heterocycles. The van der Waals surface area contributed by atoms with E-state index in [1.54, 1.807) is 0 Å². The van der Waals surface area contributed by atoms with Crippen LogP contribution in [0.2, 0.25) is 0 Å². The molecule has 1 saturated heterocycles. The Morgan fingerprint density at radius 1 is 1.09 bits per heavy atom. The maximum atomic E-state index is 5.61. The van der Waals surface area contributed by atoms with E-state index in [-0.39, 0.29) is 0 Å². The molecule has 0 radical (unpaired) electrons. The van der Waals surface area contributed by atoms with Gasteiger partial charge in [0.05, 0.1) is 13.2 Å². The van der Waals surface area contributed by atoms with E-state index >= 15 is 0 Å². The number of likely N-dealkylation sites (N-methyl/N-ethyl adjacent to an activating group) is 1. The summed E-state index contributed by atoms with van der Waals surface area (Å²) in [5.41, 5.74) is 1.14. The number of rotatable bonds is 6. The summed E-state index contributed by atoms with van der Waals surface area (Å²) in [5.74, 6) is 1.28. The van der Waals surface area contributed by atoms with E-state index in [9.17, 15) is 0 Å². The standard InChI is InChI=1S/C16H22N4O2/c1-19-7-9-20(10-8-19)11-15-17-16(22-18-15)13-21-12-14-5-3-2-4-6-14/h2-6H,7-13H2,1H3. The number of hydrogen-bond acceptors (Lipinski definition) is 6. The number of hydrogen-bond donors (Lipinski definition) is 0. The van der Waals surface area contributed by atoms with Gasteiger partial charge in [0, 0.05) is 26.2 Å². The second-order valence-corrected chi connectivity index (χ2v) is 5.66. The average molecular weight is 302 g/mol. The SMILES string of the molecule is CN1CCN(Cc2noc(COCc3ccccc3)n2)CC1. The summed E-state index contributed by atoms with van der Waals surface area (Å²) >= 11 is 0. The molecule has 6 heteroatoms. The Bertz CT molecular complexity index is 565. The van der Waals surface area contributed by atoms with Crippen molar-refractivity contribution in [3.05, 3.63) is 47.6 Å². The van der Waals surface area contributed by atoms with Crippen molar-refractivity contribution in [3.63, 3.8) is 0 Å². The highest BCUT2D eigenvalue weighted by atomic mass is 16.5. The molecule has 1 aromatic carbocycles. The molecule has 0 N–H and O–H groups in total. The molecule has 1 aliphatic rings. The predicted molar refractivity (Wildman–Crippen MR) is 82.0 cm³/mol. The van der Waals surface area contributed by atoms with Crippen LogP contribution < -0.4 is 0 Å². The highest BCUT2D eigenvalue weighted by molar-refractivity contribution is 5.13. The minimum atomic E-state index is 0.352. The zero-order chi connectivity index (χ0) is 15.2. The van der Waals surface area contributed by atoms with Gasteiger partial charge in [0.15, 0.2) is 5.82 Å². The summed E-state index contributed by atoms with van der Waals surface area (Å²) in [4.78, 5) is 9.07. The molecule has 2 aromatic rings. The third-order valence-electron chi connectivity index (χ3n) is 3.81. The Balaban J connectivity index is 1.43. The van der Waals surface area contributed by atoms with Crippen LogP contribution in [-0.2, 0) is 24.5 Å². The fourth-order valence-corrected chi connectivity index (χ4v) is 2.45. The number of aromatic nitrogens is 2. The third-order valence-corrected chi connectivity index (χ3v) is 3.81. The topological polar surface area (TPSA) is 54.6 Å². The molecule has 1 fully saturated rings. The minimum Gasteiger partial charge on any atom is -0.367 e. The highest BCUT2D eigenvalue weighted by Gasteiger charge is 2.16. The summed E-state index contributed by atoms with van der Waals surface area (Å²) in [6.45, 7) is 5.92. The number of benzene rings is 1. The lowest BCUT2D eigenvalue weighted by Gasteiger charge is -2.31. The van der Waals surface area contributed by atoms with E-state index in [1.807, 2.05) is 30.3 Å². The smallest absolute Gasteiger partial charge is 0.252 e. The van der Waals surface area contributed by atoms with Gasteiger partial charge in [-0.05, 0) is 12.6 Å². The van der Waals surface area contributed by atoms with Gasteiger partial charge in [-0.25, -0.2) is 0 Å². The lowest BCUT2D eigenvalue weighted by Crippen LogP contribution is -2.44. The van der Waals surface area contributed by atoms with Crippen LogP contribution in [0.3, 0.4) is 0 Å². The fourth-order valence-electron chi connectivity index (χ4n) is 2.45.